The van der Waals surface area contributed by atoms with E-state index in [4.69, 9.17) is 15.2 Å². The summed E-state index contributed by atoms with van der Waals surface area (Å²) in [5.74, 6) is -0.588. The van der Waals surface area contributed by atoms with Crippen LogP contribution in [-0.2, 0) is 4.74 Å². The number of hydrogen-bond donors (Lipinski definition) is 1. The van der Waals surface area contributed by atoms with Crippen LogP contribution in [0.15, 0.2) is 12.3 Å². The van der Waals surface area contributed by atoms with Gasteiger partial charge in [-0.3, -0.25) is 9.69 Å². The van der Waals surface area contributed by atoms with E-state index >= 15 is 0 Å². The lowest BCUT2D eigenvalue weighted by molar-refractivity contribution is 0.0317. The maximum atomic E-state index is 10.9. The van der Waals surface area contributed by atoms with Crippen LogP contribution < -0.4 is 10.5 Å². The van der Waals surface area contributed by atoms with E-state index in [-0.39, 0.29) is 11.7 Å². The molecule has 0 saturated carbocycles. The molecule has 1 aliphatic rings. The van der Waals surface area contributed by atoms with Gasteiger partial charge in [0.05, 0.1) is 13.2 Å². The molecule has 18 heavy (non-hydrogen) atoms. The first-order valence-corrected chi connectivity index (χ1v) is 5.81. The molecule has 2 N–H and O–H groups in total. The number of primary amides is 1. The summed E-state index contributed by atoms with van der Waals surface area (Å²) in [5.41, 5.74) is 5.28. The molecule has 7 heteroatoms. The second kappa shape index (κ2) is 6.27. The first-order chi connectivity index (χ1) is 8.75. The van der Waals surface area contributed by atoms with E-state index in [1.165, 1.54) is 12.3 Å². The van der Waals surface area contributed by atoms with E-state index in [9.17, 15) is 4.79 Å². The molecule has 1 fully saturated rings. The Kier molecular flexibility index (Phi) is 4.43. The molecule has 1 saturated heterocycles. The number of carbonyl (C=O) groups is 1. The molecule has 1 aromatic rings. The third-order valence-corrected chi connectivity index (χ3v) is 2.63. The molecule has 0 unspecified atom stereocenters. The monoisotopic (exact) mass is 252 g/mol. The molecular formula is C11H16N4O3. The molecule has 98 valence electrons. The summed E-state index contributed by atoms with van der Waals surface area (Å²) in [6, 6.07) is 1.64. The molecule has 0 radical (unpaired) electrons. The maximum Gasteiger partial charge on any atom is 0.317 e. The van der Waals surface area contributed by atoms with Crippen LogP contribution >= 0.6 is 0 Å². The van der Waals surface area contributed by atoms with Crippen molar-refractivity contribution in [1.29, 1.82) is 0 Å². The van der Waals surface area contributed by atoms with Gasteiger partial charge in [0, 0.05) is 25.8 Å². The smallest absolute Gasteiger partial charge is 0.317 e. The first-order valence-electron chi connectivity index (χ1n) is 5.81. The van der Waals surface area contributed by atoms with Crippen LogP contribution in [-0.4, -0.2) is 60.2 Å². The van der Waals surface area contributed by atoms with Gasteiger partial charge in [0.1, 0.15) is 12.3 Å². The van der Waals surface area contributed by atoms with Crippen molar-refractivity contribution in [2.75, 3.05) is 39.5 Å². The number of rotatable bonds is 5. The molecule has 1 aromatic heterocycles. The van der Waals surface area contributed by atoms with Gasteiger partial charge >= 0.3 is 6.01 Å². The molecule has 1 aliphatic heterocycles. The van der Waals surface area contributed by atoms with E-state index in [1.807, 2.05) is 0 Å². The average Bonchev–Trinajstić information content (AvgIpc) is 2.40. The van der Waals surface area contributed by atoms with E-state index in [2.05, 4.69) is 14.9 Å². The van der Waals surface area contributed by atoms with Gasteiger partial charge in [-0.15, -0.1) is 0 Å². The molecule has 0 aliphatic carbocycles. The van der Waals surface area contributed by atoms with Gasteiger partial charge in [-0.05, 0) is 6.07 Å². The number of hydrogen-bond acceptors (Lipinski definition) is 6. The lowest BCUT2D eigenvalue weighted by Crippen LogP contribution is -2.38. The fourth-order valence-corrected chi connectivity index (χ4v) is 1.64. The molecule has 1 amide bonds. The van der Waals surface area contributed by atoms with Crippen molar-refractivity contribution >= 4 is 5.91 Å². The lowest BCUT2D eigenvalue weighted by Gasteiger charge is -2.26. The fraction of sp³-hybridized carbons (Fsp3) is 0.545. The Bertz CT molecular complexity index is 407. The van der Waals surface area contributed by atoms with Gasteiger partial charge in [-0.1, -0.05) is 0 Å². The molecule has 2 heterocycles. The Balaban J connectivity index is 1.78. The Morgan fingerprint density at radius 3 is 3.00 bits per heavy atom. The molecule has 2 rings (SSSR count). The van der Waals surface area contributed by atoms with Crippen LogP contribution in [0.5, 0.6) is 6.01 Å². The number of carbonyl (C=O) groups excluding carboxylic acids is 1. The third-order valence-electron chi connectivity index (χ3n) is 2.63. The highest BCUT2D eigenvalue weighted by molar-refractivity contribution is 5.90. The molecule has 0 atom stereocenters. The predicted molar refractivity (Wildman–Crippen MR) is 63.3 cm³/mol. The highest BCUT2D eigenvalue weighted by Gasteiger charge is 2.10. The van der Waals surface area contributed by atoms with E-state index in [0.29, 0.717) is 6.61 Å². The van der Waals surface area contributed by atoms with Crippen molar-refractivity contribution in [2.24, 2.45) is 5.73 Å². The minimum atomic E-state index is -0.588. The summed E-state index contributed by atoms with van der Waals surface area (Å²) in [5, 5.41) is 0. The zero-order valence-electron chi connectivity index (χ0n) is 10.0. The Morgan fingerprint density at radius 1 is 1.50 bits per heavy atom. The largest absolute Gasteiger partial charge is 0.462 e. The standard InChI is InChI=1S/C11H16N4O3/c12-10(16)9-1-2-13-11(14-9)18-8-5-15-3-6-17-7-4-15/h1-2H,3-8H2,(H2,12,16). The first kappa shape index (κ1) is 12.7. The van der Waals surface area contributed by atoms with Gasteiger partial charge in [0.15, 0.2) is 0 Å². The van der Waals surface area contributed by atoms with Crippen molar-refractivity contribution in [2.45, 2.75) is 0 Å². The minimum absolute atomic E-state index is 0.159. The molecule has 0 bridgehead atoms. The van der Waals surface area contributed by atoms with E-state index < -0.39 is 5.91 Å². The van der Waals surface area contributed by atoms with Crippen LogP contribution in [0.4, 0.5) is 0 Å². The quantitative estimate of drug-likeness (QED) is 0.744. The van der Waals surface area contributed by atoms with E-state index in [1.54, 1.807) is 0 Å². The molecule has 0 aromatic carbocycles. The van der Waals surface area contributed by atoms with Crippen molar-refractivity contribution < 1.29 is 14.3 Å². The topological polar surface area (TPSA) is 90.6 Å². The van der Waals surface area contributed by atoms with Gasteiger partial charge in [-0.2, -0.15) is 4.98 Å². The number of amides is 1. The van der Waals surface area contributed by atoms with Gasteiger partial charge in [-0.25, -0.2) is 4.98 Å². The normalized spacial score (nSPS) is 16.4. The number of nitrogens with two attached hydrogens (primary N) is 1. The predicted octanol–water partition coefficient (Wildman–Crippen LogP) is -0.713. The summed E-state index contributed by atoms with van der Waals surface area (Å²) in [4.78, 5) is 21.0. The highest BCUT2D eigenvalue weighted by atomic mass is 16.5. The Morgan fingerprint density at radius 2 is 2.28 bits per heavy atom. The van der Waals surface area contributed by atoms with Gasteiger partial charge < -0.3 is 15.2 Å². The Hall–Kier alpha value is -1.73. The van der Waals surface area contributed by atoms with Crippen LogP contribution in [0.1, 0.15) is 10.5 Å². The average molecular weight is 252 g/mol. The van der Waals surface area contributed by atoms with Crippen LogP contribution in [0.25, 0.3) is 0 Å². The van der Waals surface area contributed by atoms with Gasteiger partial charge in [0.2, 0.25) is 0 Å². The van der Waals surface area contributed by atoms with Crippen molar-refractivity contribution in [3.8, 4) is 6.01 Å². The van der Waals surface area contributed by atoms with Gasteiger partial charge in [0.25, 0.3) is 5.91 Å². The Labute approximate surface area is 105 Å². The number of aromatic nitrogens is 2. The SMILES string of the molecule is NC(=O)c1ccnc(OCCN2CCOCC2)n1. The van der Waals surface area contributed by atoms with Crippen LogP contribution in [0.2, 0.25) is 0 Å². The maximum absolute atomic E-state index is 10.9. The zero-order valence-corrected chi connectivity index (χ0v) is 10.0. The fourth-order valence-electron chi connectivity index (χ4n) is 1.64. The number of ether oxygens (including phenoxy) is 2. The molecule has 7 nitrogen and oxygen atoms in total. The minimum Gasteiger partial charge on any atom is -0.462 e. The second-order valence-electron chi connectivity index (χ2n) is 3.89. The summed E-state index contributed by atoms with van der Waals surface area (Å²) >= 11 is 0. The number of nitrogens with zero attached hydrogens (tertiary/aromatic N) is 3. The van der Waals surface area contributed by atoms with Crippen molar-refractivity contribution in [3.05, 3.63) is 18.0 Å². The van der Waals surface area contributed by atoms with Crippen LogP contribution in [0, 0.1) is 0 Å². The second-order valence-corrected chi connectivity index (χ2v) is 3.89. The molecular weight excluding hydrogens is 236 g/mol. The third kappa shape index (κ3) is 3.64. The van der Waals surface area contributed by atoms with Crippen LogP contribution in [0.3, 0.4) is 0 Å². The zero-order chi connectivity index (χ0) is 12.8. The lowest BCUT2D eigenvalue weighted by atomic mass is 10.4. The van der Waals surface area contributed by atoms with E-state index in [0.717, 1.165) is 32.8 Å². The summed E-state index contributed by atoms with van der Waals surface area (Å²) in [7, 11) is 0. The summed E-state index contributed by atoms with van der Waals surface area (Å²) < 4.78 is 10.6. The number of morpholine rings is 1. The van der Waals surface area contributed by atoms with Crippen molar-refractivity contribution in [3.63, 3.8) is 0 Å². The highest BCUT2D eigenvalue weighted by Crippen LogP contribution is 2.03. The van der Waals surface area contributed by atoms with Crippen molar-refractivity contribution in [1.82, 2.24) is 14.9 Å². The summed E-state index contributed by atoms with van der Waals surface area (Å²) in [6.07, 6.45) is 1.46. The molecule has 0 spiro atoms. The summed E-state index contributed by atoms with van der Waals surface area (Å²) in [6.45, 7) is 4.59.